The fraction of sp³-hybridized carbons (Fsp3) is 0.0625. The molecule has 0 spiro atoms. The Morgan fingerprint density at radius 3 is 2.85 bits per heavy atom. The van der Waals surface area contributed by atoms with Crippen LogP contribution >= 0.6 is 15.9 Å². The second-order valence-electron chi connectivity index (χ2n) is 4.38. The number of fused-ring (bicyclic) bond motifs is 1. The van der Waals surface area contributed by atoms with Gasteiger partial charge in [-0.05, 0) is 36.4 Å². The van der Waals surface area contributed by atoms with Gasteiger partial charge in [0.05, 0.1) is 12.6 Å². The SMILES string of the molecule is COc1cccc(Nc2ccnc3ccc(Br)cc23)c1. The number of nitrogens with one attached hydrogen (secondary N) is 1. The van der Waals surface area contributed by atoms with Crippen molar-refractivity contribution in [3.8, 4) is 5.75 Å². The van der Waals surface area contributed by atoms with Gasteiger partial charge >= 0.3 is 0 Å². The third-order valence-corrected chi connectivity index (χ3v) is 3.55. The van der Waals surface area contributed by atoms with E-state index in [1.165, 1.54) is 0 Å². The zero-order valence-corrected chi connectivity index (χ0v) is 12.5. The van der Waals surface area contributed by atoms with Crippen molar-refractivity contribution in [1.82, 2.24) is 4.98 Å². The molecule has 1 heterocycles. The summed E-state index contributed by atoms with van der Waals surface area (Å²) < 4.78 is 6.27. The maximum Gasteiger partial charge on any atom is 0.120 e. The Kier molecular flexibility index (Phi) is 3.56. The molecule has 3 rings (SSSR count). The molecule has 0 saturated heterocycles. The summed E-state index contributed by atoms with van der Waals surface area (Å²) >= 11 is 3.50. The van der Waals surface area contributed by atoms with E-state index in [2.05, 4.69) is 32.3 Å². The van der Waals surface area contributed by atoms with Crippen molar-refractivity contribution in [3.05, 3.63) is 59.2 Å². The summed E-state index contributed by atoms with van der Waals surface area (Å²) in [5.74, 6) is 0.828. The zero-order chi connectivity index (χ0) is 13.9. The van der Waals surface area contributed by atoms with Gasteiger partial charge in [0.25, 0.3) is 0 Å². The molecule has 3 aromatic rings. The van der Waals surface area contributed by atoms with Crippen molar-refractivity contribution in [2.75, 3.05) is 12.4 Å². The van der Waals surface area contributed by atoms with E-state index < -0.39 is 0 Å². The highest BCUT2D eigenvalue weighted by molar-refractivity contribution is 9.10. The molecular weight excluding hydrogens is 316 g/mol. The van der Waals surface area contributed by atoms with Crippen LogP contribution in [0.4, 0.5) is 11.4 Å². The summed E-state index contributed by atoms with van der Waals surface area (Å²) in [6.07, 6.45) is 1.80. The minimum atomic E-state index is 0.828. The number of pyridine rings is 1. The molecule has 0 saturated carbocycles. The number of rotatable bonds is 3. The molecular formula is C16H13BrN2O. The van der Waals surface area contributed by atoms with Crippen molar-refractivity contribution in [1.29, 1.82) is 0 Å². The molecule has 0 amide bonds. The standard InChI is InChI=1S/C16H13BrN2O/c1-20-13-4-2-3-12(10-13)19-16-7-8-18-15-6-5-11(17)9-14(15)16/h2-10H,1H3,(H,18,19). The number of methoxy groups -OCH3 is 1. The number of hydrogen-bond donors (Lipinski definition) is 1. The summed E-state index contributed by atoms with van der Waals surface area (Å²) in [4.78, 5) is 4.37. The highest BCUT2D eigenvalue weighted by Crippen LogP contribution is 2.28. The first-order valence-electron chi connectivity index (χ1n) is 6.21. The van der Waals surface area contributed by atoms with Crippen LogP contribution in [0.3, 0.4) is 0 Å². The van der Waals surface area contributed by atoms with Gasteiger partial charge in [0.1, 0.15) is 5.75 Å². The Morgan fingerprint density at radius 1 is 1.10 bits per heavy atom. The van der Waals surface area contributed by atoms with Gasteiger partial charge in [-0.1, -0.05) is 22.0 Å². The molecule has 1 aromatic heterocycles. The number of nitrogens with zero attached hydrogens (tertiary/aromatic N) is 1. The molecule has 3 nitrogen and oxygen atoms in total. The van der Waals surface area contributed by atoms with Crippen LogP contribution in [0, 0.1) is 0 Å². The average Bonchev–Trinajstić information content (AvgIpc) is 2.48. The summed E-state index contributed by atoms with van der Waals surface area (Å²) in [5, 5.41) is 4.48. The molecule has 20 heavy (non-hydrogen) atoms. The maximum atomic E-state index is 5.24. The minimum absolute atomic E-state index is 0.828. The summed E-state index contributed by atoms with van der Waals surface area (Å²) in [6.45, 7) is 0. The Balaban J connectivity index is 2.03. The van der Waals surface area contributed by atoms with E-state index in [0.717, 1.165) is 32.5 Å². The van der Waals surface area contributed by atoms with Crippen molar-refractivity contribution in [3.63, 3.8) is 0 Å². The predicted octanol–water partition coefficient (Wildman–Crippen LogP) is 4.75. The second kappa shape index (κ2) is 5.51. The van der Waals surface area contributed by atoms with E-state index in [-0.39, 0.29) is 0 Å². The summed E-state index contributed by atoms with van der Waals surface area (Å²) in [6, 6.07) is 15.9. The number of benzene rings is 2. The van der Waals surface area contributed by atoms with E-state index >= 15 is 0 Å². The molecule has 0 radical (unpaired) electrons. The first-order valence-corrected chi connectivity index (χ1v) is 7.01. The monoisotopic (exact) mass is 328 g/mol. The van der Waals surface area contributed by atoms with Gasteiger partial charge in [-0.25, -0.2) is 0 Å². The number of hydrogen-bond acceptors (Lipinski definition) is 3. The number of anilines is 2. The van der Waals surface area contributed by atoms with Crippen LogP contribution in [0.25, 0.3) is 10.9 Å². The lowest BCUT2D eigenvalue weighted by molar-refractivity contribution is 0.415. The summed E-state index contributed by atoms with van der Waals surface area (Å²) in [7, 11) is 1.66. The highest BCUT2D eigenvalue weighted by atomic mass is 79.9. The van der Waals surface area contributed by atoms with Gasteiger partial charge < -0.3 is 10.1 Å². The van der Waals surface area contributed by atoms with Crippen molar-refractivity contribution in [2.24, 2.45) is 0 Å². The lowest BCUT2D eigenvalue weighted by atomic mass is 10.2. The van der Waals surface area contributed by atoms with E-state index in [9.17, 15) is 0 Å². The number of halogens is 1. The van der Waals surface area contributed by atoms with Gasteiger partial charge in [0, 0.05) is 33.5 Å². The molecule has 0 aliphatic rings. The molecule has 0 fully saturated rings. The molecule has 0 aliphatic heterocycles. The van der Waals surface area contributed by atoms with Crippen LogP contribution in [0.1, 0.15) is 0 Å². The van der Waals surface area contributed by atoms with Crippen LogP contribution in [0.15, 0.2) is 59.2 Å². The molecule has 4 heteroatoms. The third-order valence-electron chi connectivity index (χ3n) is 3.05. The van der Waals surface area contributed by atoms with Gasteiger partial charge in [-0.15, -0.1) is 0 Å². The van der Waals surface area contributed by atoms with E-state index in [1.807, 2.05) is 42.5 Å². The van der Waals surface area contributed by atoms with Crippen LogP contribution < -0.4 is 10.1 Å². The summed E-state index contributed by atoms with van der Waals surface area (Å²) in [5.41, 5.74) is 2.96. The van der Waals surface area contributed by atoms with E-state index in [4.69, 9.17) is 4.74 Å². The normalized spacial score (nSPS) is 10.5. The van der Waals surface area contributed by atoms with Crippen LogP contribution in [0.2, 0.25) is 0 Å². The first-order chi connectivity index (χ1) is 9.76. The average molecular weight is 329 g/mol. The third kappa shape index (κ3) is 2.60. The first kappa shape index (κ1) is 12.9. The van der Waals surface area contributed by atoms with Crippen molar-refractivity contribution < 1.29 is 4.74 Å². The van der Waals surface area contributed by atoms with E-state index in [1.54, 1.807) is 13.3 Å². The predicted molar refractivity (Wildman–Crippen MR) is 85.7 cm³/mol. The molecule has 0 unspecified atom stereocenters. The molecule has 1 N–H and O–H groups in total. The van der Waals surface area contributed by atoms with Gasteiger partial charge in [0.2, 0.25) is 0 Å². The van der Waals surface area contributed by atoms with Crippen LogP contribution in [-0.2, 0) is 0 Å². The second-order valence-corrected chi connectivity index (χ2v) is 5.29. The van der Waals surface area contributed by atoms with Gasteiger partial charge in [-0.2, -0.15) is 0 Å². The lowest BCUT2D eigenvalue weighted by Gasteiger charge is -2.10. The molecule has 0 bridgehead atoms. The molecule has 100 valence electrons. The largest absolute Gasteiger partial charge is 0.497 e. The smallest absolute Gasteiger partial charge is 0.120 e. The molecule has 0 aliphatic carbocycles. The Labute approximate surface area is 125 Å². The van der Waals surface area contributed by atoms with Gasteiger partial charge in [-0.3, -0.25) is 4.98 Å². The highest BCUT2D eigenvalue weighted by Gasteiger charge is 2.04. The number of ether oxygens (including phenoxy) is 1. The van der Waals surface area contributed by atoms with Crippen molar-refractivity contribution >= 4 is 38.2 Å². The lowest BCUT2D eigenvalue weighted by Crippen LogP contribution is -1.93. The topological polar surface area (TPSA) is 34.1 Å². The van der Waals surface area contributed by atoms with Crippen LogP contribution in [-0.4, -0.2) is 12.1 Å². The van der Waals surface area contributed by atoms with E-state index in [0.29, 0.717) is 0 Å². The fourth-order valence-electron chi connectivity index (χ4n) is 2.08. The molecule has 0 atom stereocenters. The van der Waals surface area contributed by atoms with Crippen LogP contribution in [0.5, 0.6) is 5.75 Å². The maximum absolute atomic E-state index is 5.24. The Hall–Kier alpha value is -2.07. The molecule has 2 aromatic carbocycles. The Bertz CT molecular complexity index is 758. The minimum Gasteiger partial charge on any atom is -0.497 e. The number of aromatic nitrogens is 1. The Morgan fingerprint density at radius 2 is 2.00 bits per heavy atom. The fourth-order valence-corrected chi connectivity index (χ4v) is 2.44. The quantitative estimate of drug-likeness (QED) is 0.753. The zero-order valence-electron chi connectivity index (χ0n) is 10.9. The van der Waals surface area contributed by atoms with Crippen molar-refractivity contribution in [2.45, 2.75) is 0 Å². The van der Waals surface area contributed by atoms with Gasteiger partial charge in [0.15, 0.2) is 0 Å².